The molecule has 3 aromatic heterocycles. The minimum absolute atomic E-state index is 0.116. The molecule has 4 rings (SSSR count). The number of hydrogen-bond acceptors (Lipinski definition) is 7. The highest BCUT2D eigenvalue weighted by atomic mass is 16.1. The molecule has 4 aromatic rings. The number of fused-ring (bicyclic) bond motifs is 1. The van der Waals surface area contributed by atoms with Gasteiger partial charge in [0.15, 0.2) is 11.5 Å². The number of nitrogens with one attached hydrogen (secondary N) is 2. The van der Waals surface area contributed by atoms with Crippen molar-refractivity contribution >= 4 is 34.5 Å². The zero-order valence-corrected chi connectivity index (χ0v) is 18.4. The Morgan fingerprint density at radius 1 is 1.22 bits per heavy atom. The molecular weight excluding hydrogens is 404 g/mol. The number of nitrogens with zero attached hydrogens (tertiary/aromatic N) is 6. The van der Waals surface area contributed by atoms with E-state index in [2.05, 4.69) is 45.8 Å². The van der Waals surface area contributed by atoms with E-state index in [4.69, 9.17) is 4.98 Å². The lowest BCUT2D eigenvalue weighted by Crippen LogP contribution is -2.08. The first-order chi connectivity index (χ1) is 15.4. The fraction of sp³-hybridized carbons (Fsp3) is 0.217. The molecule has 9 heteroatoms. The molecule has 0 atom stereocenters. The number of anilines is 3. The summed E-state index contributed by atoms with van der Waals surface area (Å²) in [7, 11) is 3.98. The second-order valence-electron chi connectivity index (χ2n) is 7.81. The molecule has 0 aliphatic heterocycles. The first-order valence-electron chi connectivity index (χ1n) is 10.1. The molecule has 0 unspecified atom stereocenters. The topological polar surface area (TPSA) is 104 Å². The number of benzene rings is 1. The number of aromatic nitrogens is 5. The Bertz CT molecular complexity index is 1310. The molecule has 0 radical (unpaired) electrons. The first kappa shape index (κ1) is 21.0. The molecule has 0 amide bonds. The summed E-state index contributed by atoms with van der Waals surface area (Å²) in [6.07, 6.45) is 4.94. The van der Waals surface area contributed by atoms with E-state index >= 15 is 0 Å². The Labute approximate surface area is 185 Å². The molecule has 0 spiro atoms. The molecule has 0 bridgehead atoms. The van der Waals surface area contributed by atoms with Crippen molar-refractivity contribution in [1.82, 2.24) is 24.6 Å². The molecule has 0 aliphatic rings. The lowest BCUT2D eigenvalue weighted by molar-refractivity contribution is 0.565. The SMILES string of the molecule is C=C(N=C=O)c1[nH]n2c(C(C)C)c(-c3ncccn3)nc2c1Nc1ccc(N(C)C)cc1. The highest BCUT2D eigenvalue weighted by molar-refractivity contribution is 5.87. The predicted octanol–water partition coefficient (Wildman–Crippen LogP) is 4.36. The van der Waals surface area contributed by atoms with Crippen molar-refractivity contribution in [1.29, 1.82) is 0 Å². The van der Waals surface area contributed by atoms with Crippen LogP contribution in [-0.2, 0) is 4.79 Å². The summed E-state index contributed by atoms with van der Waals surface area (Å²) in [6.45, 7) is 8.05. The maximum Gasteiger partial charge on any atom is 0.240 e. The van der Waals surface area contributed by atoms with Crippen molar-refractivity contribution in [2.45, 2.75) is 19.8 Å². The first-order valence-corrected chi connectivity index (χ1v) is 10.1. The lowest BCUT2D eigenvalue weighted by atomic mass is 10.1. The molecule has 1 aromatic carbocycles. The second kappa shape index (κ2) is 8.49. The molecule has 162 valence electrons. The number of hydrogen-bond donors (Lipinski definition) is 2. The number of carbonyl (C=O) groups excluding carboxylic acids is 1. The van der Waals surface area contributed by atoms with E-state index in [-0.39, 0.29) is 11.6 Å². The van der Waals surface area contributed by atoms with Crippen LogP contribution >= 0.6 is 0 Å². The average molecular weight is 429 g/mol. The molecule has 0 fully saturated rings. The monoisotopic (exact) mass is 428 g/mol. The van der Waals surface area contributed by atoms with E-state index < -0.39 is 0 Å². The molecular formula is C23H24N8O. The zero-order chi connectivity index (χ0) is 22.8. The highest BCUT2D eigenvalue weighted by Crippen LogP contribution is 2.36. The third-order valence-corrected chi connectivity index (χ3v) is 5.06. The summed E-state index contributed by atoms with van der Waals surface area (Å²) >= 11 is 0. The van der Waals surface area contributed by atoms with Gasteiger partial charge in [-0.25, -0.2) is 24.3 Å². The van der Waals surface area contributed by atoms with Gasteiger partial charge in [0.2, 0.25) is 6.08 Å². The van der Waals surface area contributed by atoms with E-state index in [9.17, 15) is 4.79 Å². The maximum atomic E-state index is 10.9. The van der Waals surface area contributed by atoms with Crippen molar-refractivity contribution in [3.8, 4) is 11.5 Å². The van der Waals surface area contributed by atoms with E-state index in [1.165, 1.54) is 0 Å². The summed E-state index contributed by atoms with van der Waals surface area (Å²) in [4.78, 5) is 30.3. The standard InChI is InChI=1S/C23H24N8O/c1-14(2)21-20(22-24-11-6-12-25-22)28-23-19(18(29-31(21)23)15(3)26-13-32)27-16-7-9-17(10-8-16)30(4)5/h6-12,14,27,29H,3H2,1-2,4-5H3. The Balaban J connectivity index is 1.91. The fourth-order valence-corrected chi connectivity index (χ4v) is 3.54. The predicted molar refractivity (Wildman–Crippen MR) is 126 cm³/mol. The van der Waals surface area contributed by atoms with Gasteiger partial charge < -0.3 is 10.2 Å². The van der Waals surface area contributed by atoms with Crippen LogP contribution in [0.15, 0.2) is 54.3 Å². The van der Waals surface area contributed by atoms with Crippen molar-refractivity contribution in [3.63, 3.8) is 0 Å². The maximum absolute atomic E-state index is 10.9. The van der Waals surface area contributed by atoms with Crippen LogP contribution in [0.2, 0.25) is 0 Å². The normalized spacial score (nSPS) is 10.9. The average Bonchev–Trinajstić information content (AvgIpc) is 3.32. The Morgan fingerprint density at radius 2 is 1.91 bits per heavy atom. The van der Waals surface area contributed by atoms with Gasteiger partial charge in [-0.2, -0.15) is 4.99 Å². The van der Waals surface area contributed by atoms with E-state index in [0.717, 1.165) is 17.1 Å². The summed E-state index contributed by atoms with van der Waals surface area (Å²) < 4.78 is 1.87. The van der Waals surface area contributed by atoms with Crippen LogP contribution in [0.5, 0.6) is 0 Å². The Morgan fingerprint density at radius 3 is 2.50 bits per heavy atom. The molecule has 2 N–H and O–H groups in total. The van der Waals surface area contributed by atoms with Gasteiger partial charge in [0.05, 0.1) is 11.4 Å². The van der Waals surface area contributed by atoms with E-state index in [1.54, 1.807) is 24.5 Å². The van der Waals surface area contributed by atoms with Crippen LogP contribution in [0.4, 0.5) is 17.1 Å². The number of imidazole rings is 1. The van der Waals surface area contributed by atoms with Gasteiger partial charge in [0, 0.05) is 37.9 Å². The zero-order valence-electron chi connectivity index (χ0n) is 18.4. The molecule has 3 heterocycles. The number of isocyanates is 1. The summed E-state index contributed by atoms with van der Waals surface area (Å²) in [5, 5.41) is 6.70. The van der Waals surface area contributed by atoms with E-state index in [1.807, 2.05) is 47.8 Å². The van der Waals surface area contributed by atoms with Crippen LogP contribution < -0.4 is 10.2 Å². The van der Waals surface area contributed by atoms with Crippen molar-refractivity contribution < 1.29 is 4.79 Å². The van der Waals surface area contributed by atoms with Gasteiger partial charge in [-0.1, -0.05) is 20.4 Å². The minimum atomic E-state index is 0.116. The molecule has 0 aliphatic carbocycles. The summed E-state index contributed by atoms with van der Waals surface area (Å²) in [5.41, 5.74) is 5.62. The third-order valence-electron chi connectivity index (χ3n) is 5.06. The molecule has 0 saturated carbocycles. The van der Waals surface area contributed by atoms with Crippen LogP contribution in [0, 0.1) is 0 Å². The van der Waals surface area contributed by atoms with Crippen LogP contribution in [0.3, 0.4) is 0 Å². The van der Waals surface area contributed by atoms with Gasteiger partial charge in [-0.3, -0.25) is 5.10 Å². The minimum Gasteiger partial charge on any atom is -0.378 e. The number of rotatable bonds is 7. The highest BCUT2D eigenvalue weighted by Gasteiger charge is 2.25. The third kappa shape index (κ3) is 3.77. The quantitative estimate of drug-likeness (QED) is 0.335. The van der Waals surface area contributed by atoms with Crippen molar-refractivity contribution in [2.75, 3.05) is 24.3 Å². The number of aromatic amines is 1. The van der Waals surface area contributed by atoms with Crippen LogP contribution in [0.25, 0.3) is 22.9 Å². The van der Waals surface area contributed by atoms with Crippen molar-refractivity contribution in [2.24, 2.45) is 4.99 Å². The summed E-state index contributed by atoms with van der Waals surface area (Å²) in [5.74, 6) is 0.659. The Kier molecular flexibility index (Phi) is 5.57. The lowest BCUT2D eigenvalue weighted by Gasteiger charge is -2.13. The number of H-pyrrole nitrogens is 1. The van der Waals surface area contributed by atoms with Crippen molar-refractivity contribution in [3.05, 3.63) is 60.7 Å². The van der Waals surface area contributed by atoms with Crippen LogP contribution in [0.1, 0.15) is 31.2 Å². The van der Waals surface area contributed by atoms with Crippen LogP contribution in [-0.4, -0.2) is 44.7 Å². The molecule has 9 nitrogen and oxygen atoms in total. The second-order valence-corrected chi connectivity index (χ2v) is 7.81. The summed E-state index contributed by atoms with van der Waals surface area (Å²) in [6, 6.07) is 9.74. The van der Waals surface area contributed by atoms with E-state index in [0.29, 0.717) is 28.5 Å². The van der Waals surface area contributed by atoms with Gasteiger partial charge in [0.1, 0.15) is 17.1 Å². The molecule has 0 saturated heterocycles. The van der Waals surface area contributed by atoms with Gasteiger partial charge in [-0.05, 0) is 36.2 Å². The van der Waals surface area contributed by atoms with Gasteiger partial charge >= 0.3 is 0 Å². The van der Waals surface area contributed by atoms with Gasteiger partial charge in [0.25, 0.3) is 0 Å². The Hall–Kier alpha value is -4.23. The largest absolute Gasteiger partial charge is 0.378 e. The molecule has 32 heavy (non-hydrogen) atoms. The fourth-order valence-electron chi connectivity index (χ4n) is 3.54. The smallest absolute Gasteiger partial charge is 0.240 e. The number of aliphatic imine (C=N–C) groups is 1. The van der Waals surface area contributed by atoms with Gasteiger partial charge in [-0.15, -0.1) is 0 Å².